The summed E-state index contributed by atoms with van der Waals surface area (Å²) in [6.45, 7) is 0. The molecule has 0 fully saturated rings. The van der Waals surface area contributed by atoms with Crippen molar-refractivity contribution in [1.82, 2.24) is 9.78 Å². The van der Waals surface area contributed by atoms with Crippen LogP contribution in [-0.4, -0.2) is 24.5 Å². The topological polar surface area (TPSA) is 64.0 Å². The Morgan fingerprint density at radius 1 is 0.722 bits per heavy atom. The Morgan fingerprint density at radius 2 is 1.22 bits per heavy atom. The highest BCUT2D eigenvalue weighted by Gasteiger charge is 2.35. The number of hydrogen-bond acceptors (Lipinski definition) is 3. The molecule has 0 aliphatic rings. The number of benzene rings is 3. The third-order valence-electron chi connectivity index (χ3n) is 5.14. The largest absolute Gasteiger partial charge is 0.435 e. The van der Waals surface area contributed by atoms with Crippen molar-refractivity contribution in [2.45, 2.75) is 12.4 Å². The molecule has 0 aliphatic heterocycles. The number of sulfonamides is 1. The first-order valence-corrected chi connectivity index (χ1v) is 12.1. The van der Waals surface area contributed by atoms with Gasteiger partial charge in [-0.3, -0.25) is 4.72 Å². The van der Waals surface area contributed by atoms with E-state index in [1.807, 2.05) is 0 Å². The molecule has 1 aromatic heterocycles. The van der Waals surface area contributed by atoms with Crippen molar-refractivity contribution in [3.63, 3.8) is 0 Å². The predicted octanol–water partition coefficient (Wildman–Crippen LogP) is 6.62. The minimum atomic E-state index is -4.71. The van der Waals surface area contributed by atoms with Crippen molar-refractivity contribution in [3.05, 3.63) is 90.1 Å². The van der Waals surface area contributed by atoms with Gasteiger partial charge in [0.2, 0.25) is 10.0 Å². The van der Waals surface area contributed by atoms with Crippen LogP contribution in [0.15, 0.2) is 78.9 Å². The standard InChI is InChI=1S/C24H17F6N3O2S/c1-36(34,35)32-19-10-12-20(13-11-19)33-21(14-22(31-33)24(28,29)30)17-4-2-15(3-5-17)16-6-8-18(9-7-16)23(25,26)27/h2-14,32H,1H3. The minimum absolute atomic E-state index is 0.116. The lowest BCUT2D eigenvalue weighted by Crippen LogP contribution is -2.10. The highest BCUT2D eigenvalue weighted by atomic mass is 32.2. The molecule has 1 N–H and O–H groups in total. The summed E-state index contributed by atoms with van der Waals surface area (Å²) in [6, 6.07) is 17.3. The molecule has 3 aromatic carbocycles. The van der Waals surface area contributed by atoms with Crippen molar-refractivity contribution in [1.29, 1.82) is 0 Å². The predicted molar refractivity (Wildman–Crippen MR) is 123 cm³/mol. The van der Waals surface area contributed by atoms with Gasteiger partial charge in [-0.2, -0.15) is 31.4 Å². The highest BCUT2D eigenvalue weighted by molar-refractivity contribution is 7.92. The molecule has 0 spiro atoms. The fourth-order valence-corrected chi connectivity index (χ4v) is 4.06. The number of anilines is 1. The molecule has 5 nitrogen and oxygen atoms in total. The lowest BCUT2D eigenvalue weighted by molar-refractivity contribution is -0.141. The summed E-state index contributed by atoms with van der Waals surface area (Å²) in [7, 11) is -3.53. The smallest absolute Gasteiger partial charge is 0.284 e. The SMILES string of the molecule is CS(=O)(=O)Nc1ccc(-n2nc(C(F)(F)F)cc2-c2ccc(-c3ccc(C(F)(F)F)cc3)cc2)cc1. The molecule has 36 heavy (non-hydrogen) atoms. The van der Waals surface area contributed by atoms with Gasteiger partial charge in [-0.05, 0) is 53.6 Å². The lowest BCUT2D eigenvalue weighted by Gasteiger charge is -2.11. The number of aromatic nitrogens is 2. The number of rotatable bonds is 5. The second kappa shape index (κ2) is 9.01. The summed E-state index contributed by atoms with van der Waals surface area (Å²) in [5.74, 6) is 0. The number of hydrogen-bond donors (Lipinski definition) is 1. The Kier molecular flexibility index (Phi) is 6.33. The number of alkyl halides is 6. The fourth-order valence-electron chi connectivity index (χ4n) is 3.49. The van der Waals surface area contributed by atoms with E-state index in [1.165, 1.54) is 36.4 Å². The number of nitrogens with one attached hydrogen (secondary N) is 1. The van der Waals surface area contributed by atoms with Crippen LogP contribution in [0.4, 0.5) is 32.0 Å². The van der Waals surface area contributed by atoms with Gasteiger partial charge < -0.3 is 0 Å². The maximum absolute atomic E-state index is 13.4. The quantitative estimate of drug-likeness (QED) is 0.298. The van der Waals surface area contributed by atoms with Crippen LogP contribution in [0.2, 0.25) is 0 Å². The van der Waals surface area contributed by atoms with E-state index in [-0.39, 0.29) is 17.1 Å². The van der Waals surface area contributed by atoms with Gasteiger partial charge in [0, 0.05) is 11.3 Å². The van der Waals surface area contributed by atoms with Gasteiger partial charge >= 0.3 is 12.4 Å². The normalized spacial score (nSPS) is 12.5. The molecule has 4 aromatic rings. The Labute approximate surface area is 202 Å². The number of halogens is 6. The van der Waals surface area contributed by atoms with E-state index in [9.17, 15) is 34.8 Å². The zero-order valence-electron chi connectivity index (χ0n) is 18.4. The van der Waals surface area contributed by atoms with Gasteiger partial charge in [0.25, 0.3) is 0 Å². The molecule has 4 rings (SSSR count). The zero-order chi connectivity index (χ0) is 26.3. The summed E-state index contributed by atoms with van der Waals surface area (Å²) in [5, 5.41) is 3.69. The molecular formula is C24H17F6N3O2S. The van der Waals surface area contributed by atoms with E-state index < -0.39 is 33.6 Å². The van der Waals surface area contributed by atoms with Crippen LogP contribution in [0, 0.1) is 0 Å². The molecular weight excluding hydrogens is 508 g/mol. The second-order valence-corrected chi connectivity index (χ2v) is 9.65. The van der Waals surface area contributed by atoms with Crippen LogP contribution < -0.4 is 4.72 Å². The monoisotopic (exact) mass is 525 g/mol. The Hall–Kier alpha value is -3.80. The molecule has 0 aliphatic carbocycles. The van der Waals surface area contributed by atoms with Gasteiger partial charge in [-0.25, -0.2) is 13.1 Å². The Bertz CT molecular complexity index is 1470. The third kappa shape index (κ3) is 5.70. The minimum Gasteiger partial charge on any atom is -0.284 e. The lowest BCUT2D eigenvalue weighted by atomic mass is 10.0. The molecule has 0 unspecified atom stereocenters. The first-order chi connectivity index (χ1) is 16.7. The van der Waals surface area contributed by atoms with E-state index in [1.54, 1.807) is 24.3 Å². The van der Waals surface area contributed by atoms with E-state index in [0.29, 0.717) is 16.7 Å². The molecule has 0 amide bonds. The maximum atomic E-state index is 13.4. The summed E-state index contributed by atoms with van der Waals surface area (Å²) in [6.07, 6.45) is -8.20. The van der Waals surface area contributed by atoms with E-state index in [2.05, 4.69) is 9.82 Å². The van der Waals surface area contributed by atoms with Crippen molar-refractivity contribution >= 4 is 15.7 Å². The van der Waals surface area contributed by atoms with Crippen LogP contribution in [-0.2, 0) is 22.4 Å². The van der Waals surface area contributed by atoms with E-state index in [4.69, 9.17) is 0 Å². The van der Waals surface area contributed by atoms with Crippen molar-refractivity contribution in [2.75, 3.05) is 11.0 Å². The van der Waals surface area contributed by atoms with Gasteiger partial charge in [0.05, 0.1) is 23.2 Å². The van der Waals surface area contributed by atoms with Crippen molar-refractivity contribution in [2.24, 2.45) is 0 Å². The first kappa shape index (κ1) is 25.3. The molecule has 0 saturated heterocycles. The average Bonchev–Trinajstić information content (AvgIpc) is 3.24. The van der Waals surface area contributed by atoms with Crippen LogP contribution >= 0.6 is 0 Å². The summed E-state index contributed by atoms with van der Waals surface area (Å²) >= 11 is 0. The van der Waals surface area contributed by atoms with Gasteiger partial charge in [-0.15, -0.1) is 0 Å². The van der Waals surface area contributed by atoms with Crippen molar-refractivity contribution in [3.8, 4) is 28.1 Å². The molecule has 0 bridgehead atoms. The second-order valence-electron chi connectivity index (χ2n) is 7.90. The first-order valence-electron chi connectivity index (χ1n) is 10.2. The Balaban J connectivity index is 1.70. The summed E-state index contributed by atoms with van der Waals surface area (Å²) < 4.78 is 105. The van der Waals surface area contributed by atoms with Gasteiger partial charge in [-0.1, -0.05) is 36.4 Å². The van der Waals surface area contributed by atoms with Crippen LogP contribution in [0.25, 0.3) is 28.1 Å². The van der Waals surface area contributed by atoms with Crippen molar-refractivity contribution < 1.29 is 34.8 Å². The average molecular weight is 525 g/mol. The fraction of sp³-hybridized carbons (Fsp3) is 0.125. The van der Waals surface area contributed by atoms with Crippen LogP contribution in [0.3, 0.4) is 0 Å². The molecule has 0 radical (unpaired) electrons. The maximum Gasteiger partial charge on any atom is 0.435 e. The van der Waals surface area contributed by atoms with Gasteiger partial charge in [0.1, 0.15) is 0 Å². The number of nitrogens with zero attached hydrogens (tertiary/aromatic N) is 2. The third-order valence-corrected chi connectivity index (χ3v) is 5.75. The van der Waals surface area contributed by atoms with Crippen LogP contribution in [0.5, 0.6) is 0 Å². The van der Waals surface area contributed by atoms with Crippen LogP contribution in [0.1, 0.15) is 11.3 Å². The Morgan fingerprint density at radius 3 is 1.69 bits per heavy atom. The molecule has 188 valence electrons. The highest BCUT2D eigenvalue weighted by Crippen LogP contribution is 2.35. The van der Waals surface area contributed by atoms with Gasteiger partial charge in [0.15, 0.2) is 5.69 Å². The van der Waals surface area contributed by atoms with E-state index in [0.717, 1.165) is 29.1 Å². The summed E-state index contributed by atoms with van der Waals surface area (Å²) in [5.41, 5.74) is 0.154. The molecule has 0 saturated carbocycles. The van der Waals surface area contributed by atoms with E-state index >= 15 is 0 Å². The summed E-state index contributed by atoms with van der Waals surface area (Å²) in [4.78, 5) is 0. The zero-order valence-corrected chi connectivity index (χ0v) is 19.2. The molecule has 0 atom stereocenters. The molecule has 1 heterocycles. The molecule has 12 heteroatoms.